The molecule has 2 aromatic rings. The molecule has 1 atom stereocenters. The van der Waals surface area contributed by atoms with Gasteiger partial charge in [0.2, 0.25) is 21.8 Å². The molecule has 0 radical (unpaired) electrons. The third kappa shape index (κ3) is 4.17. The Kier molecular flexibility index (Phi) is 6.02. The molecule has 1 unspecified atom stereocenters. The van der Waals surface area contributed by atoms with Crippen molar-refractivity contribution in [3.63, 3.8) is 0 Å². The molecule has 3 aliphatic heterocycles. The number of fused-ring (bicyclic) bond motifs is 1. The van der Waals surface area contributed by atoms with Gasteiger partial charge in [0, 0.05) is 56.0 Å². The smallest absolute Gasteiger partial charge is 0.255 e. The molecule has 0 spiro atoms. The zero-order valence-electron chi connectivity index (χ0n) is 18.5. The maximum Gasteiger partial charge on any atom is 0.255 e. The van der Waals surface area contributed by atoms with Crippen molar-refractivity contribution in [3.05, 3.63) is 58.4 Å². The highest BCUT2D eigenvalue weighted by Gasteiger charge is 2.41. The summed E-state index contributed by atoms with van der Waals surface area (Å²) >= 11 is 6.10. The van der Waals surface area contributed by atoms with Gasteiger partial charge in [-0.25, -0.2) is 12.8 Å². The zero-order chi connectivity index (χ0) is 24.9. The number of nitrogens with one attached hydrogen (secondary N) is 1. The van der Waals surface area contributed by atoms with Crippen molar-refractivity contribution in [1.82, 2.24) is 14.5 Å². The highest BCUT2D eigenvalue weighted by molar-refractivity contribution is 7.89. The van der Waals surface area contributed by atoms with E-state index in [1.54, 1.807) is 12.1 Å². The predicted molar refractivity (Wildman–Crippen MR) is 125 cm³/mol. The molecule has 3 aliphatic rings. The van der Waals surface area contributed by atoms with Gasteiger partial charge >= 0.3 is 0 Å². The number of carbonyl (C=O) groups is 3. The van der Waals surface area contributed by atoms with E-state index in [4.69, 9.17) is 11.6 Å². The average molecular weight is 521 g/mol. The van der Waals surface area contributed by atoms with Gasteiger partial charge in [0.05, 0.1) is 5.02 Å². The lowest BCUT2D eigenvalue weighted by Crippen LogP contribution is -2.52. The lowest BCUT2D eigenvalue weighted by molar-refractivity contribution is -0.136. The number of hydrogen-bond donors (Lipinski definition) is 1. The van der Waals surface area contributed by atoms with E-state index < -0.39 is 33.7 Å². The first-order valence-corrected chi connectivity index (χ1v) is 13.0. The zero-order valence-corrected chi connectivity index (χ0v) is 20.1. The normalized spacial score (nSPS) is 21.3. The van der Waals surface area contributed by atoms with Gasteiger partial charge in [-0.2, -0.15) is 4.31 Å². The molecule has 0 saturated carbocycles. The number of piperazine rings is 1. The Morgan fingerprint density at radius 1 is 1.03 bits per heavy atom. The van der Waals surface area contributed by atoms with Crippen molar-refractivity contribution in [3.8, 4) is 0 Å². The Labute approximate surface area is 206 Å². The number of halogens is 2. The number of anilines is 1. The van der Waals surface area contributed by atoms with Crippen LogP contribution in [0, 0.1) is 5.82 Å². The largest absolute Gasteiger partial charge is 0.369 e. The Bertz CT molecular complexity index is 1340. The third-order valence-corrected chi connectivity index (χ3v) is 9.03. The lowest BCUT2D eigenvalue weighted by Gasteiger charge is -2.36. The summed E-state index contributed by atoms with van der Waals surface area (Å²) in [5, 5.41) is 2.39. The second-order valence-corrected chi connectivity index (χ2v) is 11.0. The number of amides is 3. The van der Waals surface area contributed by atoms with Crippen molar-refractivity contribution >= 4 is 45.0 Å². The quantitative estimate of drug-likeness (QED) is 0.616. The second-order valence-electron chi connectivity index (χ2n) is 8.67. The molecule has 9 nitrogen and oxygen atoms in total. The number of imide groups is 1. The number of nitrogens with zero attached hydrogens (tertiary/aromatic N) is 3. The van der Waals surface area contributed by atoms with Crippen LogP contribution in [0.1, 0.15) is 28.8 Å². The van der Waals surface area contributed by atoms with Crippen molar-refractivity contribution in [2.24, 2.45) is 0 Å². The number of benzene rings is 2. The van der Waals surface area contributed by atoms with Crippen LogP contribution >= 0.6 is 11.6 Å². The van der Waals surface area contributed by atoms with Gasteiger partial charge in [-0.05, 0) is 30.7 Å². The Morgan fingerprint density at radius 2 is 1.74 bits per heavy atom. The van der Waals surface area contributed by atoms with Gasteiger partial charge in [0.1, 0.15) is 16.8 Å². The molecule has 0 bridgehead atoms. The van der Waals surface area contributed by atoms with Crippen molar-refractivity contribution in [1.29, 1.82) is 0 Å². The number of hydrogen-bond acceptors (Lipinski definition) is 6. The van der Waals surface area contributed by atoms with Crippen LogP contribution in [-0.4, -0.2) is 67.6 Å². The molecule has 3 heterocycles. The Balaban J connectivity index is 1.37. The summed E-state index contributed by atoms with van der Waals surface area (Å²) in [5.74, 6) is -1.98. The highest BCUT2D eigenvalue weighted by atomic mass is 35.5. The van der Waals surface area contributed by atoms with Crippen LogP contribution in [0.2, 0.25) is 5.02 Å². The van der Waals surface area contributed by atoms with E-state index in [1.807, 2.05) is 4.90 Å². The van der Waals surface area contributed by atoms with E-state index in [0.29, 0.717) is 11.3 Å². The lowest BCUT2D eigenvalue weighted by atomic mass is 10.0. The molecule has 0 aliphatic carbocycles. The number of sulfonamides is 1. The Morgan fingerprint density at radius 3 is 2.43 bits per heavy atom. The molecule has 2 saturated heterocycles. The van der Waals surface area contributed by atoms with E-state index >= 15 is 0 Å². The summed E-state index contributed by atoms with van der Waals surface area (Å²) in [6, 6.07) is 7.93. The SMILES string of the molecule is O=C1CCC(N2Cc3c(cc(F)cc3N3CCN(S(=O)(=O)c4ccccc4Cl)CC3)C2=O)C(=O)N1. The summed E-state index contributed by atoms with van der Waals surface area (Å²) in [4.78, 5) is 40.1. The summed E-state index contributed by atoms with van der Waals surface area (Å²) < 4.78 is 42.0. The summed E-state index contributed by atoms with van der Waals surface area (Å²) in [6.07, 6.45) is 0.334. The van der Waals surface area contributed by atoms with Crippen LogP contribution in [0.4, 0.5) is 10.1 Å². The second kappa shape index (κ2) is 8.89. The molecule has 5 rings (SSSR count). The highest BCUT2D eigenvalue weighted by Crippen LogP contribution is 2.36. The van der Waals surface area contributed by atoms with E-state index in [9.17, 15) is 27.2 Å². The molecule has 3 amide bonds. The fourth-order valence-electron chi connectivity index (χ4n) is 4.85. The van der Waals surface area contributed by atoms with E-state index in [2.05, 4.69) is 5.32 Å². The van der Waals surface area contributed by atoms with Crippen LogP contribution in [0.5, 0.6) is 0 Å². The minimum absolute atomic E-state index is 0.0345. The summed E-state index contributed by atoms with van der Waals surface area (Å²) in [6.45, 7) is 0.986. The van der Waals surface area contributed by atoms with Crippen molar-refractivity contribution < 1.29 is 27.2 Å². The first kappa shape index (κ1) is 23.7. The number of carbonyl (C=O) groups excluding carboxylic acids is 3. The molecule has 2 aromatic carbocycles. The monoisotopic (exact) mass is 520 g/mol. The molecule has 35 heavy (non-hydrogen) atoms. The van der Waals surface area contributed by atoms with Crippen LogP contribution in [0.25, 0.3) is 0 Å². The molecule has 12 heteroatoms. The standard InChI is InChI=1S/C23H22ClFN4O5S/c24-17-3-1-2-4-20(17)35(33,34)28-9-7-27(8-10-28)19-12-14(25)11-15-16(19)13-29(23(15)32)18-5-6-21(30)26-22(18)31/h1-4,11-12,18H,5-10,13H2,(H,26,30,31). The minimum Gasteiger partial charge on any atom is -0.369 e. The first-order chi connectivity index (χ1) is 16.7. The van der Waals surface area contributed by atoms with Gasteiger partial charge in [-0.3, -0.25) is 19.7 Å². The first-order valence-electron chi connectivity index (χ1n) is 11.1. The molecule has 184 valence electrons. The predicted octanol–water partition coefficient (Wildman–Crippen LogP) is 1.75. The van der Waals surface area contributed by atoms with Gasteiger partial charge in [0.15, 0.2) is 0 Å². The van der Waals surface area contributed by atoms with Gasteiger partial charge < -0.3 is 9.80 Å². The van der Waals surface area contributed by atoms with Crippen LogP contribution < -0.4 is 10.2 Å². The maximum absolute atomic E-state index is 14.5. The van der Waals surface area contributed by atoms with Gasteiger partial charge in [0.25, 0.3) is 5.91 Å². The van der Waals surface area contributed by atoms with Crippen LogP contribution in [0.3, 0.4) is 0 Å². The van der Waals surface area contributed by atoms with Crippen molar-refractivity contribution in [2.45, 2.75) is 30.3 Å². The minimum atomic E-state index is -3.79. The third-order valence-electron chi connectivity index (χ3n) is 6.63. The topological polar surface area (TPSA) is 107 Å². The van der Waals surface area contributed by atoms with E-state index in [1.165, 1.54) is 27.4 Å². The van der Waals surface area contributed by atoms with Gasteiger partial charge in [-0.15, -0.1) is 0 Å². The molecule has 2 fully saturated rings. The van der Waals surface area contributed by atoms with Crippen LogP contribution in [0.15, 0.2) is 41.3 Å². The van der Waals surface area contributed by atoms with E-state index in [0.717, 1.165) is 6.07 Å². The number of piperidine rings is 1. The van der Waals surface area contributed by atoms with E-state index in [-0.39, 0.29) is 67.0 Å². The fourth-order valence-corrected chi connectivity index (χ4v) is 6.77. The number of rotatable bonds is 4. The maximum atomic E-state index is 14.5. The van der Waals surface area contributed by atoms with Gasteiger partial charge in [-0.1, -0.05) is 23.7 Å². The molecular formula is C23H22ClFN4O5S. The fraction of sp³-hybridized carbons (Fsp3) is 0.348. The summed E-state index contributed by atoms with van der Waals surface area (Å²) in [7, 11) is -3.79. The Hall–Kier alpha value is -3.02. The van der Waals surface area contributed by atoms with Crippen LogP contribution in [-0.2, 0) is 26.2 Å². The average Bonchev–Trinajstić information content (AvgIpc) is 3.15. The summed E-state index contributed by atoms with van der Waals surface area (Å²) in [5.41, 5.74) is 1.26. The molecule has 1 N–H and O–H groups in total. The molecule has 0 aromatic heterocycles. The van der Waals surface area contributed by atoms with Crippen molar-refractivity contribution in [2.75, 3.05) is 31.1 Å². The molecular weight excluding hydrogens is 499 g/mol.